The molecule has 6 nitrogen and oxygen atoms in total. The quantitative estimate of drug-likeness (QED) is 0.733. The number of aromatic nitrogens is 3. The molecule has 1 amide bonds. The Balaban J connectivity index is 1.48. The molecule has 126 valence electrons. The van der Waals surface area contributed by atoms with Crippen molar-refractivity contribution in [1.82, 2.24) is 20.0 Å². The number of aryl methyl sites for hydroxylation is 1. The summed E-state index contributed by atoms with van der Waals surface area (Å²) in [6, 6.07) is 13.8. The van der Waals surface area contributed by atoms with E-state index >= 15 is 0 Å². The number of benzene rings is 1. The Morgan fingerprint density at radius 3 is 2.96 bits per heavy atom. The minimum atomic E-state index is -0.0673. The molecule has 25 heavy (non-hydrogen) atoms. The predicted molar refractivity (Wildman–Crippen MR) is 91.5 cm³/mol. The maximum atomic E-state index is 12.3. The molecule has 4 rings (SSSR count). The van der Waals surface area contributed by atoms with Crippen LogP contribution in [0.25, 0.3) is 11.5 Å². The van der Waals surface area contributed by atoms with Crippen molar-refractivity contribution in [3.05, 3.63) is 65.7 Å². The van der Waals surface area contributed by atoms with Gasteiger partial charge in [-0.15, -0.1) is 0 Å². The van der Waals surface area contributed by atoms with E-state index in [0.29, 0.717) is 36.9 Å². The summed E-state index contributed by atoms with van der Waals surface area (Å²) >= 11 is 0. The maximum absolute atomic E-state index is 12.3. The minimum absolute atomic E-state index is 0.0673. The lowest BCUT2D eigenvalue weighted by atomic mass is 10.1. The fourth-order valence-electron chi connectivity index (χ4n) is 3.12. The molecule has 0 bridgehead atoms. The van der Waals surface area contributed by atoms with Crippen LogP contribution in [0.4, 0.5) is 0 Å². The third kappa shape index (κ3) is 3.28. The molecule has 0 unspecified atom stereocenters. The number of nitrogens with zero attached hydrogens (tertiary/aromatic N) is 4. The lowest BCUT2D eigenvalue weighted by Crippen LogP contribution is -2.24. The summed E-state index contributed by atoms with van der Waals surface area (Å²) in [4.78, 5) is 22.9. The van der Waals surface area contributed by atoms with Crippen LogP contribution in [0.1, 0.15) is 29.4 Å². The Bertz CT molecular complexity index is 891. The van der Waals surface area contributed by atoms with E-state index in [1.165, 1.54) is 5.56 Å². The van der Waals surface area contributed by atoms with Crippen LogP contribution in [0.2, 0.25) is 0 Å². The summed E-state index contributed by atoms with van der Waals surface area (Å²) in [5.74, 6) is 1.01. The number of rotatable bonds is 4. The van der Waals surface area contributed by atoms with Crippen LogP contribution in [0, 0.1) is 6.92 Å². The molecule has 2 aromatic heterocycles. The summed E-state index contributed by atoms with van der Waals surface area (Å²) in [5.41, 5.74) is 2.99. The summed E-state index contributed by atoms with van der Waals surface area (Å²) in [6.07, 6.45) is 2.09. The number of carbonyl (C=O) groups excluding carboxylic acids is 1. The predicted octanol–water partition coefficient (Wildman–Crippen LogP) is 2.96. The average molecular weight is 334 g/mol. The van der Waals surface area contributed by atoms with E-state index in [1.807, 2.05) is 35.2 Å². The van der Waals surface area contributed by atoms with Crippen molar-refractivity contribution in [3.8, 4) is 11.5 Å². The van der Waals surface area contributed by atoms with Crippen LogP contribution >= 0.6 is 0 Å². The third-order valence-electron chi connectivity index (χ3n) is 4.36. The standard InChI is InChI=1S/C19H18N4O2/c1-13-5-4-6-14(9-13)11-23-12-15(10-17(23)24)19-21-18(22-25-19)16-7-2-3-8-20-16/h2-9,15H,10-12H2,1H3/t15-/m0/s1. The van der Waals surface area contributed by atoms with Crippen LogP contribution in [-0.4, -0.2) is 32.5 Å². The molecular formula is C19H18N4O2. The van der Waals surface area contributed by atoms with Gasteiger partial charge in [0.1, 0.15) is 5.69 Å². The molecule has 0 spiro atoms. The number of carbonyl (C=O) groups is 1. The SMILES string of the molecule is Cc1cccc(CN2C[C@@H](c3nc(-c4ccccn4)no3)CC2=O)c1. The fourth-order valence-corrected chi connectivity index (χ4v) is 3.12. The van der Waals surface area contributed by atoms with Gasteiger partial charge in [-0.1, -0.05) is 41.1 Å². The highest BCUT2D eigenvalue weighted by molar-refractivity contribution is 5.79. The first-order valence-corrected chi connectivity index (χ1v) is 8.27. The van der Waals surface area contributed by atoms with Crippen molar-refractivity contribution in [2.45, 2.75) is 25.8 Å². The summed E-state index contributed by atoms with van der Waals surface area (Å²) in [5, 5.41) is 4.00. The second-order valence-corrected chi connectivity index (χ2v) is 6.34. The second-order valence-electron chi connectivity index (χ2n) is 6.34. The van der Waals surface area contributed by atoms with Crippen LogP contribution in [-0.2, 0) is 11.3 Å². The zero-order valence-electron chi connectivity index (χ0n) is 13.9. The van der Waals surface area contributed by atoms with E-state index in [1.54, 1.807) is 6.20 Å². The molecule has 6 heteroatoms. The first-order chi connectivity index (χ1) is 12.2. The monoisotopic (exact) mass is 334 g/mol. The number of amides is 1. The molecule has 1 aromatic carbocycles. The van der Waals surface area contributed by atoms with Crippen molar-refractivity contribution in [2.24, 2.45) is 0 Å². The van der Waals surface area contributed by atoms with Gasteiger partial charge in [0.25, 0.3) is 0 Å². The molecule has 1 atom stereocenters. The zero-order chi connectivity index (χ0) is 17.2. The van der Waals surface area contributed by atoms with Gasteiger partial charge in [-0.2, -0.15) is 4.98 Å². The summed E-state index contributed by atoms with van der Waals surface area (Å²) < 4.78 is 5.39. The fraction of sp³-hybridized carbons (Fsp3) is 0.263. The number of pyridine rings is 1. The molecule has 1 aliphatic heterocycles. The minimum Gasteiger partial charge on any atom is -0.339 e. The van der Waals surface area contributed by atoms with E-state index in [-0.39, 0.29) is 11.8 Å². The Labute approximate surface area is 145 Å². The van der Waals surface area contributed by atoms with E-state index in [9.17, 15) is 4.79 Å². The Morgan fingerprint density at radius 1 is 1.24 bits per heavy atom. The van der Waals surface area contributed by atoms with Gasteiger partial charge in [0.05, 0.1) is 5.92 Å². The van der Waals surface area contributed by atoms with Crippen molar-refractivity contribution in [1.29, 1.82) is 0 Å². The van der Waals surface area contributed by atoms with E-state index < -0.39 is 0 Å². The molecule has 1 fully saturated rings. The van der Waals surface area contributed by atoms with Crippen molar-refractivity contribution in [2.75, 3.05) is 6.54 Å². The smallest absolute Gasteiger partial charge is 0.232 e. The largest absolute Gasteiger partial charge is 0.339 e. The van der Waals surface area contributed by atoms with Gasteiger partial charge in [-0.25, -0.2) is 0 Å². The van der Waals surface area contributed by atoms with E-state index in [2.05, 4.69) is 34.2 Å². The van der Waals surface area contributed by atoms with Gasteiger partial charge in [0.2, 0.25) is 17.6 Å². The maximum Gasteiger partial charge on any atom is 0.232 e. The molecule has 0 aliphatic carbocycles. The lowest BCUT2D eigenvalue weighted by Gasteiger charge is -2.16. The van der Waals surface area contributed by atoms with Gasteiger partial charge < -0.3 is 9.42 Å². The van der Waals surface area contributed by atoms with Crippen LogP contribution < -0.4 is 0 Å². The van der Waals surface area contributed by atoms with Crippen LogP contribution in [0.15, 0.2) is 53.2 Å². The Kier molecular flexibility index (Phi) is 4.01. The average Bonchev–Trinajstić information content (AvgIpc) is 3.23. The number of hydrogen-bond donors (Lipinski definition) is 0. The van der Waals surface area contributed by atoms with Crippen molar-refractivity contribution >= 4 is 5.91 Å². The van der Waals surface area contributed by atoms with E-state index in [4.69, 9.17) is 4.52 Å². The van der Waals surface area contributed by atoms with Gasteiger partial charge in [-0.3, -0.25) is 9.78 Å². The molecule has 0 N–H and O–H groups in total. The second kappa shape index (κ2) is 6.47. The van der Waals surface area contributed by atoms with Crippen molar-refractivity contribution < 1.29 is 9.32 Å². The van der Waals surface area contributed by atoms with Gasteiger partial charge in [-0.05, 0) is 24.6 Å². The van der Waals surface area contributed by atoms with Crippen molar-refractivity contribution in [3.63, 3.8) is 0 Å². The molecule has 3 aromatic rings. The number of likely N-dealkylation sites (tertiary alicyclic amines) is 1. The summed E-state index contributed by atoms with van der Waals surface area (Å²) in [7, 11) is 0. The molecule has 0 radical (unpaired) electrons. The molecule has 3 heterocycles. The topological polar surface area (TPSA) is 72.1 Å². The highest BCUT2D eigenvalue weighted by Crippen LogP contribution is 2.29. The summed E-state index contributed by atoms with van der Waals surface area (Å²) in [6.45, 7) is 3.25. The van der Waals surface area contributed by atoms with E-state index in [0.717, 1.165) is 5.56 Å². The van der Waals surface area contributed by atoms with Gasteiger partial charge >= 0.3 is 0 Å². The zero-order valence-corrected chi connectivity index (χ0v) is 13.9. The molecule has 1 aliphatic rings. The molecule has 0 saturated carbocycles. The van der Waals surface area contributed by atoms with Crippen LogP contribution in [0.3, 0.4) is 0 Å². The highest BCUT2D eigenvalue weighted by atomic mass is 16.5. The first-order valence-electron chi connectivity index (χ1n) is 8.27. The highest BCUT2D eigenvalue weighted by Gasteiger charge is 2.34. The van der Waals surface area contributed by atoms with Crippen LogP contribution in [0.5, 0.6) is 0 Å². The Morgan fingerprint density at radius 2 is 2.16 bits per heavy atom. The Hall–Kier alpha value is -3.02. The first kappa shape index (κ1) is 15.5. The third-order valence-corrected chi connectivity index (χ3v) is 4.36. The molecule has 1 saturated heterocycles. The normalized spacial score (nSPS) is 17.2. The molecular weight excluding hydrogens is 316 g/mol. The lowest BCUT2D eigenvalue weighted by molar-refractivity contribution is -0.128. The van der Waals surface area contributed by atoms with Gasteiger partial charge in [0.15, 0.2) is 0 Å². The van der Waals surface area contributed by atoms with Gasteiger partial charge in [0, 0.05) is 25.7 Å². The number of hydrogen-bond acceptors (Lipinski definition) is 5.